The number of carbonyl (C=O) groups excluding carboxylic acids is 1. The molecule has 0 bridgehead atoms. The van der Waals surface area contributed by atoms with Crippen LogP contribution in [0.1, 0.15) is 21.5 Å². The molecule has 70 valence electrons. The third kappa shape index (κ3) is 1.80. The second-order valence-corrected chi connectivity index (χ2v) is 3.01. The van der Waals surface area contributed by atoms with Crippen LogP contribution in [0, 0.1) is 13.8 Å². The molecular weight excluding hydrogens is 166 g/mol. The lowest BCUT2D eigenvalue weighted by Crippen LogP contribution is -2.11. The van der Waals surface area contributed by atoms with Crippen molar-refractivity contribution in [3.63, 3.8) is 0 Å². The van der Waals surface area contributed by atoms with E-state index in [1.165, 1.54) is 0 Å². The maximum Gasteiger partial charge on any atom is 0.248 e. The van der Waals surface area contributed by atoms with Gasteiger partial charge in [-0.2, -0.15) is 0 Å². The van der Waals surface area contributed by atoms with Gasteiger partial charge in [-0.15, -0.1) is 0 Å². The second kappa shape index (κ2) is 3.47. The molecule has 0 fully saturated rings. The molecule has 0 atom stereocenters. The summed E-state index contributed by atoms with van der Waals surface area (Å²) in [6.45, 7) is 3.77. The number of rotatable bonds is 2. The van der Waals surface area contributed by atoms with Gasteiger partial charge in [0.25, 0.3) is 0 Å². The molecule has 13 heavy (non-hydrogen) atoms. The number of carbonyl (C=O) groups is 1. The van der Waals surface area contributed by atoms with Gasteiger partial charge in [-0.1, -0.05) is 0 Å². The van der Waals surface area contributed by atoms with Gasteiger partial charge in [0.15, 0.2) is 0 Å². The Morgan fingerprint density at radius 3 is 2.08 bits per heavy atom. The average Bonchev–Trinajstić information content (AvgIpc) is 2.03. The molecule has 0 aliphatic heterocycles. The second-order valence-electron chi connectivity index (χ2n) is 3.01. The van der Waals surface area contributed by atoms with E-state index in [0.717, 1.165) is 16.9 Å². The first-order valence-corrected chi connectivity index (χ1v) is 4.01. The molecule has 2 N–H and O–H groups in total. The van der Waals surface area contributed by atoms with Gasteiger partial charge < -0.3 is 10.5 Å². The highest BCUT2D eigenvalue weighted by atomic mass is 16.5. The summed E-state index contributed by atoms with van der Waals surface area (Å²) in [5, 5.41) is 0. The van der Waals surface area contributed by atoms with Crippen LogP contribution in [0.15, 0.2) is 12.1 Å². The van der Waals surface area contributed by atoms with Crippen LogP contribution < -0.4 is 10.5 Å². The summed E-state index contributed by atoms with van der Waals surface area (Å²) < 4.78 is 5.16. The quantitative estimate of drug-likeness (QED) is 0.746. The first-order chi connectivity index (χ1) is 6.06. The van der Waals surface area contributed by atoms with Crippen molar-refractivity contribution < 1.29 is 9.53 Å². The van der Waals surface area contributed by atoms with E-state index in [1.54, 1.807) is 19.2 Å². The number of aryl methyl sites for hydroxylation is 2. The van der Waals surface area contributed by atoms with Crippen molar-refractivity contribution in [3.05, 3.63) is 28.8 Å². The molecule has 0 spiro atoms. The molecule has 1 rings (SSSR count). The molecule has 1 aromatic carbocycles. The fourth-order valence-electron chi connectivity index (χ4n) is 1.41. The van der Waals surface area contributed by atoms with Crippen LogP contribution >= 0.6 is 0 Å². The highest BCUT2D eigenvalue weighted by Gasteiger charge is 2.07. The summed E-state index contributed by atoms with van der Waals surface area (Å²) in [6.07, 6.45) is 0. The lowest BCUT2D eigenvalue weighted by atomic mass is 10.1. The lowest BCUT2D eigenvalue weighted by molar-refractivity contribution is 0.1000. The predicted octanol–water partition coefficient (Wildman–Crippen LogP) is 1.41. The molecule has 0 unspecified atom stereocenters. The minimum absolute atomic E-state index is 0.408. The number of ether oxygens (including phenoxy) is 1. The van der Waals surface area contributed by atoms with Gasteiger partial charge in [0.1, 0.15) is 5.75 Å². The van der Waals surface area contributed by atoms with E-state index in [-0.39, 0.29) is 0 Å². The summed E-state index contributed by atoms with van der Waals surface area (Å²) >= 11 is 0. The summed E-state index contributed by atoms with van der Waals surface area (Å²) in [7, 11) is 1.61. The fraction of sp³-hybridized carbons (Fsp3) is 0.300. The Balaban J connectivity index is 3.28. The van der Waals surface area contributed by atoms with E-state index in [4.69, 9.17) is 10.5 Å². The van der Waals surface area contributed by atoms with Crippen molar-refractivity contribution in [3.8, 4) is 5.75 Å². The minimum Gasteiger partial charge on any atom is -0.496 e. The van der Waals surface area contributed by atoms with E-state index < -0.39 is 5.91 Å². The van der Waals surface area contributed by atoms with Crippen molar-refractivity contribution in [2.75, 3.05) is 7.11 Å². The highest BCUT2D eigenvalue weighted by Crippen LogP contribution is 2.23. The third-order valence-electron chi connectivity index (χ3n) is 1.95. The molecular formula is C10H13NO2. The number of methoxy groups -OCH3 is 1. The van der Waals surface area contributed by atoms with Gasteiger partial charge in [0, 0.05) is 5.56 Å². The van der Waals surface area contributed by atoms with E-state index in [1.807, 2.05) is 13.8 Å². The maximum atomic E-state index is 10.9. The molecule has 0 aliphatic rings. The molecule has 3 nitrogen and oxygen atoms in total. The molecule has 3 heteroatoms. The normalized spacial score (nSPS) is 9.77. The van der Waals surface area contributed by atoms with E-state index in [9.17, 15) is 4.79 Å². The molecule has 1 aromatic rings. The van der Waals surface area contributed by atoms with Gasteiger partial charge in [0.2, 0.25) is 5.91 Å². The van der Waals surface area contributed by atoms with Gasteiger partial charge in [-0.3, -0.25) is 4.79 Å². The van der Waals surface area contributed by atoms with Crippen LogP contribution in [0.4, 0.5) is 0 Å². The van der Waals surface area contributed by atoms with Gasteiger partial charge in [-0.05, 0) is 37.1 Å². The van der Waals surface area contributed by atoms with Crippen LogP contribution in [0.2, 0.25) is 0 Å². The number of nitrogens with two attached hydrogens (primary N) is 1. The van der Waals surface area contributed by atoms with Crippen molar-refractivity contribution in [2.24, 2.45) is 5.73 Å². The Labute approximate surface area is 77.5 Å². The molecule has 0 saturated heterocycles. The minimum atomic E-state index is -0.408. The smallest absolute Gasteiger partial charge is 0.248 e. The zero-order valence-corrected chi connectivity index (χ0v) is 8.05. The standard InChI is InChI=1S/C10H13NO2/c1-6-4-8(10(11)12)5-7(2)9(6)13-3/h4-5H,1-3H3,(H2,11,12). The number of hydrogen-bond donors (Lipinski definition) is 1. The number of amides is 1. The average molecular weight is 179 g/mol. The lowest BCUT2D eigenvalue weighted by Gasteiger charge is -2.09. The predicted molar refractivity (Wildman–Crippen MR) is 51.0 cm³/mol. The van der Waals surface area contributed by atoms with Crippen LogP contribution in [0.25, 0.3) is 0 Å². The van der Waals surface area contributed by atoms with Gasteiger partial charge in [0.05, 0.1) is 7.11 Å². The van der Waals surface area contributed by atoms with Crippen LogP contribution in [0.5, 0.6) is 5.75 Å². The van der Waals surface area contributed by atoms with Crippen molar-refractivity contribution >= 4 is 5.91 Å². The summed E-state index contributed by atoms with van der Waals surface area (Å²) in [5.74, 6) is 0.402. The molecule has 1 amide bonds. The Hall–Kier alpha value is -1.51. The van der Waals surface area contributed by atoms with Crippen LogP contribution in [0.3, 0.4) is 0 Å². The summed E-state index contributed by atoms with van der Waals surface area (Å²) in [4.78, 5) is 10.9. The van der Waals surface area contributed by atoms with Crippen LogP contribution in [-0.2, 0) is 0 Å². The van der Waals surface area contributed by atoms with Crippen LogP contribution in [-0.4, -0.2) is 13.0 Å². The first kappa shape index (κ1) is 9.58. The zero-order chi connectivity index (χ0) is 10.0. The Bertz CT molecular complexity index is 322. The SMILES string of the molecule is COc1c(C)cc(C(N)=O)cc1C. The summed E-state index contributed by atoms with van der Waals surface area (Å²) in [5.41, 5.74) is 7.54. The largest absolute Gasteiger partial charge is 0.496 e. The van der Waals surface area contributed by atoms with Crippen molar-refractivity contribution in [1.29, 1.82) is 0 Å². The number of hydrogen-bond acceptors (Lipinski definition) is 2. The highest BCUT2D eigenvalue weighted by molar-refractivity contribution is 5.93. The first-order valence-electron chi connectivity index (χ1n) is 4.01. The van der Waals surface area contributed by atoms with Gasteiger partial charge >= 0.3 is 0 Å². The molecule has 0 heterocycles. The Kier molecular flexibility index (Phi) is 2.56. The van der Waals surface area contributed by atoms with E-state index >= 15 is 0 Å². The number of benzene rings is 1. The van der Waals surface area contributed by atoms with E-state index in [0.29, 0.717) is 5.56 Å². The van der Waals surface area contributed by atoms with E-state index in [2.05, 4.69) is 0 Å². The number of primary amides is 1. The molecule has 0 radical (unpaired) electrons. The van der Waals surface area contributed by atoms with Crippen molar-refractivity contribution in [2.45, 2.75) is 13.8 Å². The van der Waals surface area contributed by atoms with Crippen molar-refractivity contribution in [1.82, 2.24) is 0 Å². The molecule has 0 aliphatic carbocycles. The molecule has 0 aromatic heterocycles. The molecule has 0 saturated carbocycles. The summed E-state index contributed by atoms with van der Waals surface area (Å²) in [6, 6.07) is 3.46. The Morgan fingerprint density at radius 1 is 1.31 bits per heavy atom. The van der Waals surface area contributed by atoms with Gasteiger partial charge in [-0.25, -0.2) is 0 Å². The fourth-order valence-corrected chi connectivity index (χ4v) is 1.41. The monoisotopic (exact) mass is 179 g/mol. The Morgan fingerprint density at radius 2 is 1.77 bits per heavy atom. The zero-order valence-electron chi connectivity index (χ0n) is 8.05. The third-order valence-corrected chi connectivity index (χ3v) is 1.95. The maximum absolute atomic E-state index is 10.9. The topological polar surface area (TPSA) is 52.3 Å².